The summed E-state index contributed by atoms with van der Waals surface area (Å²) in [7, 11) is 0. The van der Waals surface area contributed by atoms with Crippen LogP contribution < -0.4 is 4.90 Å². The largest absolute Gasteiger partial charge is 0.342 e. The van der Waals surface area contributed by atoms with Crippen molar-refractivity contribution in [2.24, 2.45) is 5.41 Å². The van der Waals surface area contributed by atoms with Gasteiger partial charge in [0.25, 0.3) is 0 Å². The zero-order valence-electron chi connectivity index (χ0n) is 18.6. The number of likely N-dealkylation sites (tertiary alicyclic amines) is 1. The van der Waals surface area contributed by atoms with Crippen LogP contribution in [0.3, 0.4) is 0 Å². The van der Waals surface area contributed by atoms with Gasteiger partial charge in [0.15, 0.2) is 0 Å². The van der Waals surface area contributed by atoms with E-state index in [0.717, 1.165) is 11.4 Å². The summed E-state index contributed by atoms with van der Waals surface area (Å²) in [6.45, 7) is 6.09. The lowest BCUT2D eigenvalue weighted by Gasteiger charge is -2.47. The van der Waals surface area contributed by atoms with Crippen LogP contribution in [0, 0.1) is 11.2 Å². The summed E-state index contributed by atoms with van der Waals surface area (Å²) in [4.78, 5) is 42.9. The molecule has 1 atom stereocenters. The monoisotopic (exact) mass is 473 g/mol. The van der Waals surface area contributed by atoms with Gasteiger partial charge in [-0.25, -0.2) is 4.39 Å². The number of rotatable bonds is 3. The van der Waals surface area contributed by atoms with Gasteiger partial charge in [-0.05, 0) is 24.6 Å². The molecule has 5 rings (SSSR count). The van der Waals surface area contributed by atoms with Gasteiger partial charge in [0.1, 0.15) is 5.82 Å². The fourth-order valence-corrected chi connectivity index (χ4v) is 5.39. The number of amides is 3. The molecule has 174 valence electrons. The van der Waals surface area contributed by atoms with E-state index in [2.05, 4.69) is 5.10 Å². The van der Waals surface area contributed by atoms with Gasteiger partial charge in [0.05, 0.1) is 42.1 Å². The first-order valence-electron chi connectivity index (χ1n) is 11.0. The van der Waals surface area contributed by atoms with Crippen LogP contribution >= 0.6 is 11.6 Å². The third-order valence-corrected chi connectivity index (χ3v) is 7.27. The van der Waals surface area contributed by atoms with Gasteiger partial charge in [-0.15, -0.1) is 0 Å². The van der Waals surface area contributed by atoms with Crippen molar-refractivity contribution in [2.75, 3.05) is 24.5 Å². The standard InChI is InChI=1S/C23H25ClFN5O3/c1-14-9-30-20(10-28(14)21(32)6-16-3-4-18(25)17(24)5-16)19(8-26-30)29-13-23(7-22(29)33)11-27(12-23)15(2)31/h3-5,8,14H,6-7,9-13H2,1-2H3/t14-/m0/s1. The molecule has 0 saturated carbocycles. The highest BCUT2D eigenvalue weighted by molar-refractivity contribution is 6.30. The quantitative estimate of drug-likeness (QED) is 0.685. The van der Waals surface area contributed by atoms with Crippen molar-refractivity contribution < 1.29 is 18.8 Å². The average molecular weight is 474 g/mol. The molecule has 1 aromatic carbocycles. The third-order valence-electron chi connectivity index (χ3n) is 6.99. The van der Waals surface area contributed by atoms with Gasteiger partial charge in [-0.2, -0.15) is 5.10 Å². The van der Waals surface area contributed by atoms with Crippen LogP contribution in [-0.4, -0.2) is 63.0 Å². The van der Waals surface area contributed by atoms with Gasteiger partial charge in [-0.3, -0.25) is 19.1 Å². The molecule has 33 heavy (non-hydrogen) atoms. The number of nitrogens with zero attached hydrogens (tertiary/aromatic N) is 5. The van der Waals surface area contributed by atoms with Gasteiger partial charge in [0, 0.05) is 44.4 Å². The number of halogens is 2. The topological polar surface area (TPSA) is 78.8 Å². The summed E-state index contributed by atoms with van der Waals surface area (Å²) < 4.78 is 15.3. The molecule has 0 N–H and O–H groups in total. The highest BCUT2D eigenvalue weighted by atomic mass is 35.5. The number of benzene rings is 1. The number of carbonyl (C=O) groups excluding carboxylic acids is 3. The van der Waals surface area contributed by atoms with E-state index in [9.17, 15) is 18.8 Å². The van der Waals surface area contributed by atoms with E-state index in [1.807, 2.05) is 11.6 Å². The third kappa shape index (κ3) is 3.78. The maximum Gasteiger partial charge on any atom is 0.227 e. The summed E-state index contributed by atoms with van der Waals surface area (Å²) in [5.41, 5.74) is 2.01. The van der Waals surface area contributed by atoms with Crippen LogP contribution in [0.1, 0.15) is 31.5 Å². The van der Waals surface area contributed by atoms with E-state index in [-0.39, 0.29) is 40.6 Å². The zero-order valence-corrected chi connectivity index (χ0v) is 19.3. The highest BCUT2D eigenvalue weighted by Gasteiger charge is 2.53. The predicted octanol–water partition coefficient (Wildman–Crippen LogP) is 2.23. The second-order valence-electron chi connectivity index (χ2n) is 9.49. The SMILES string of the molecule is CC(=O)N1CC2(CC(=O)N(c3cnn4c3CN(C(=O)Cc3ccc(F)c(Cl)c3)[C@@H](C)C4)C2)C1. The second-order valence-corrected chi connectivity index (χ2v) is 9.89. The van der Waals surface area contributed by atoms with E-state index in [0.29, 0.717) is 44.7 Å². The van der Waals surface area contributed by atoms with Crippen LogP contribution in [0.2, 0.25) is 5.02 Å². The van der Waals surface area contributed by atoms with Crippen molar-refractivity contribution in [3.05, 3.63) is 46.5 Å². The Morgan fingerprint density at radius 2 is 2.03 bits per heavy atom. The van der Waals surface area contributed by atoms with Crippen molar-refractivity contribution in [3.8, 4) is 0 Å². The number of anilines is 1. The van der Waals surface area contributed by atoms with E-state index in [1.165, 1.54) is 12.1 Å². The summed E-state index contributed by atoms with van der Waals surface area (Å²) in [5, 5.41) is 4.47. The average Bonchev–Trinajstić information content (AvgIpc) is 3.29. The fraction of sp³-hybridized carbons (Fsp3) is 0.478. The highest BCUT2D eigenvalue weighted by Crippen LogP contribution is 2.43. The maximum absolute atomic E-state index is 13.5. The second kappa shape index (κ2) is 7.83. The lowest BCUT2D eigenvalue weighted by atomic mass is 9.79. The number of hydrogen-bond acceptors (Lipinski definition) is 4. The molecule has 3 aliphatic heterocycles. The molecule has 0 radical (unpaired) electrons. The van der Waals surface area contributed by atoms with Crippen LogP contribution in [0.15, 0.2) is 24.4 Å². The van der Waals surface area contributed by atoms with Gasteiger partial charge in [-0.1, -0.05) is 17.7 Å². The summed E-state index contributed by atoms with van der Waals surface area (Å²) in [6.07, 6.45) is 2.22. The molecular weight excluding hydrogens is 449 g/mol. The molecule has 0 aliphatic carbocycles. The van der Waals surface area contributed by atoms with E-state index < -0.39 is 5.82 Å². The van der Waals surface area contributed by atoms with Crippen LogP contribution in [0.25, 0.3) is 0 Å². The number of aromatic nitrogens is 2. The van der Waals surface area contributed by atoms with Crippen molar-refractivity contribution in [1.29, 1.82) is 0 Å². The molecule has 10 heteroatoms. The smallest absolute Gasteiger partial charge is 0.227 e. The normalized spacial score (nSPS) is 21.4. The van der Waals surface area contributed by atoms with Crippen molar-refractivity contribution in [1.82, 2.24) is 19.6 Å². The van der Waals surface area contributed by atoms with E-state index in [4.69, 9.17) is 11.6 Å². The Hall–Kier alpha value is -2.94. The lowest BCUT2D eigenvalue weighted by molar-refractivity contribution is -0.140. The Bertz CT molecular complexity index is 1160. The summed E-state index contributed by atoms with van der Waals surface area (Å²) in [6, 6.07) is 4.23. The van der Waals surface area contributed by atoms with Crippen molar-refractivity contribution >= 4 is 35.0 Å². The van der Waals surface area contributed by atoms with E-state index >= 15 is 0 Å². The minimum Gasteiger partial charge on any atom is -0.342 e. The molecular formula is C23H25ClFN5O3. The van der Waals surface area contributed by atoms with Crippen molar-refractivity contribution in [2.45, 2.75) is 45.8 Å². The Labute approximate surface area is 195 Å². The Balaban J connectivity index is 1.33. The zero-order chi connectivity index (χ0) is 23.5. The molecule has 2 aromatic rings. The van der Waals surface area contributed by atoms with Gasteiger partial charge in [0.2, 0.25) is 17.7 Å². The van der Waals surface area contributed by atoms with Gasteiger partial charge < -0.3 is 14.7 Å². The first-order valence-corrected chi connectivity index (χ1v) is 11.4. The number of hydrogen-bond donors (Lipinski definition) is 0. The predicted molar refractivity (Wildman–Crippen MR) is 119 cm³/mol. The Morgan fingerprint density at radius 3 is 2.73 bits per heavy atom. The van der Waals surface area contributed by atoms with Crippen LogP contribution in [0.5, 0.6) is 0 Å². The van der Waals surface area contributed by atoms with Crippen LogP contribution in [0.4, 0.5) is 10.1 Å². The summed E-state index contributed by atoms with van der Waals surface area (Å²) >= 11 is 5.87. The minimum absolute atomic E-state index is 0.00633. The Kier molecular flexibility index (Phi) is 5.19. The number of fused-ring (bicyclic) bond motifs is 1. The molecule has 4 heterocycles. The lowest BCUT2D eigenvalue weighted by Crippen LogP contribution is -2.59. The molecule has 2 saturated heterocycles. The molecule has 2 fully saturated rings. The molecule has 3 amide bonds. The fourth-order valence-electron chi connectivity index (χ4n) is 5.19. The molecule has 1 spiro atoms. The van der Waals surface area contributed by atoms with Gasteiger partial charge >= 0.3 is 0 Å². The molecule has 3 aliphatic rings. The van der Waals surface area contributed by atoms with Crippen molar-refractivity contribution in [3.63, 3.8) is 0 Å². The molecule has 0 bridgehead atoms. The molecule has 0 unspecified atom stereocenters. The number of carbonyl (C=O) groups is 3. The summed E-state index contributed by atoms with van der Waals surface area (Å²) in [5.74, 6) is -0.561. The molecule has 8 nitrogen and oxygen atoms in total. The Morgan fingerprint density at radius 1 is 1.27 bits per heavy atom. The van der Waals surface area contributed by atoms with Crippen LogP contribution in [-0.2, 0) is 33.9 Å². The maximum atomic E-state index is 13.5. The first kappa shape index (κ1) is 21.9. The molecule has 1 aromatic heterocycles. The van der Waals surface area contributed by atoms with E-state index in [1.54, 1.807) is 33.9 Å². The minimum atomic E-state index is -0.515. The first-order chi connectivity index (χ1) is 15.7.